The highest BCUT2D eigenvalue weighted by Gasteiger charge is 1.89. The zero-order valence-electron chi connectivity index (χ0n) is 6.35. The third-order valence-electron chi connectivity index (χ3n) is 1.02. The maximum atomic E-state index is 10.6. The van der Waals surface area contributed by atoms with E-state index in [2.05, 4.69) is 13.8 Å². The Balaban J connectivity index is 3.57. The van der Waals surface area contributed by atoms with Crippen molar-refractivity contribution in [1.82, 2.24) is 0 Å². The molecule has 0 aliphatic rings. The molecule has 0 rings (SSSR count). The second-order valence-corrected chi connectivity index (χ2v) is 2.42. The molecule has 1 nitrogen and oxygen atoms in total. The summed E-state index contributed by atoms with van der Waals surface area (Å²) in [6, 6.07) is 0. The largest absolute Gasteiger partial charge is 0.295 e. The molecule has 0 radical (unpaired) electrons. The van der Waals surface area contributed by atoms with Gasteiger partial charge < -0.3 is 0 Å². The highest BCUT2D eigenvalue weighted by Crippen LogP contribution is 1.94. The minimum absolute atomic E-state index is 0.212. The summed E-state index contributed by atoms with van der Waals surface area (Å²) in [4.78, 5) is 10.6. The maximum Gasteiger partial charge on any atom is 0.155 e. The third kappa shape index (κ3) is 5.28. The van der Waals surface area contributed by atoms with Gasteiger partial charge in [0.1, 0.15) is 0 Å². The summed E-state index contributed by atoms with van der Waals surface area (Å²) < 4.78 is 0. The summed E-state index contributed by atoms with van der Waals surface area (Å²) in [6.45, 7) is 5.98. The van der Waals surface area contributed by atoms with Crippen LogP contribution in [0.4, 0.5) is 0 Å². The molecule has 1 heteroatoms. The van der Waals surface area contributed by atoms with Crippen LogP contribution in [0.5, 0.6) is 0 Å². The molecule has 0 saturated heterocycles. The van der Waals surface area contributed by atoms with E-state index >= 15 is 0 Å². The highest BCUT2D eigenvalue weighted by molar-refractivity contribution is 5.89. The smallest absolute Gasteiger partial charge is 0.155 e. The Hall–Kier alpha value is -0.590. The summed E-state index contributed by atoms with van der Waals surface area (Å²) in [5.41, 5.74) is 0. The van der Waals surface area contributed by atoms with E-state index in [-0.39, 0.29) is 5.78 Å². The number of rotatable bonds is 3. The van der Waals surface area contributed by atoms with E-state index in [1.54, 1.807) is 6.08 Å². The van der Waals surface area contributed by atoms with Gasteiger partial charge in [-0.05, 0) is 12.0 Å². The maximum absolute atomic E-state index is 10.6. The van der Waals surface area contributed by atoms with Gasteiger partial charge in [0, 0.05) is 6.42 Å². The van der Waals surface area contributed by atoms with Crippen LogP contribution < -0.4 is 0 Å². The van der Waals surface area contributed by atoms with Crippen molar-refractivity contribution in [2.24, 2.45) is 5.92 Å². The van der Waals surface area contributed by atoms with Crippen LogP contribution in [0.3, 0.4) is 0 Å². The molecule has 52 valence electrons. The van der Waals surface area contributed by atoms with E-state index in [4.69, 9.17) is 0 Å². The normalized spacial score (nSPS) is 11.1. The van der Waals surface area contributed by atoms with E-state index in [0.29, 0.717) is 12.3 Å². The molecule has 0 amide bonds. The first-order valence-electron chi connectivity index (χ1n) is 3.37. The van der Waals surface area contributed by atoms with Crippen LogP contribution in [0.2, 0.25) is 0 Å². The third-order valence-corrected chi connectivity index (χ3v) is 1.02. The molecule has 0 N–H and O–H groups in total. The first-order valence-corrected chi connectivity index (χ1v) is 3.37. The minimum atomic E-state index is 0.212. The molecule has 0 aliphatic heterocycles. The van der Waals surface area contributed by atoms with Crippen molar-refractivity contribution in [2.45, 2.75) is 27.2 Å². The second kappa shape index (κ2) is 4.30. The van der Waals surface area contributed by atoms with Gasteiger partial charge in [0.25, 0.3) is 0 Å². The first-order chi connectivity index (χ1) is 4.16. The second-order valence-electron chi connectivity index (χ2n) is 2.42. The van der Waals surface area contributed by atoms with E-state index in [9.17, 15) is 4.79 Å². The first kappa shape index (κ1) is 8.41. The lowest BCUT2D eigenvalue weighted by Crippen LogP contribution is -1.88. The van der Waals surface area contributed by atoms with Gasteiger partial charge in [-0.15, -0.1) is 0 Å². The summed E-state index contributed by atoms with van der Waals surface area (Å²) in [7, 11) is 0. The molecule has 9 heavy (non-hydrogen) atoms. The molecule has 0 unspecified atom stereocenters. The lowest BCUT2D eigenvalue weighted by molar-refractivity contribution is -0.114. The van der Waals surface area contributed by atoms with E-state index in [1.165, 1.54) is 0 Å². The number of allylic oxidation sites excluding steroid dienone is 2. The molecule has 0 aromatic rings. The molecular formula is C8H14O. The number of ketones is 1. The average molecular weight is 126 g/mol. The van der Waals surface area contributed by atoms with Crippen molar-refractivity contribution < 1.29 is 4.79 Å². The van der Waals surface area contributed by atoms with Crippen molar-refractivity contribution in [3.8, 4) is 0 Å². The van der Waals surface area contributed by atoms with Gasteiger partial charge in [0.05, 0.1) is 0 Å². The Morgan fingerprint density at radius 1 is 1.56 bits per heavy atom. The van der Waals surface area contributed by atoms with Crippen molar-refractivity contribution >= 4 is 5.78 Å². The highest BCUT2D eigenvalue weighted by atomic mass is 16.1. The van der Waals surface area contributed by atoms with Gasteiger partial charge >= 0.3 is 0 Å². The van der Waals surface area contributed by atoms with Gasteiger partial charge in [0.15, 0.2) is 5.78 Å². The molecule has 0 bridgehead atoms. The molecule has 0 saturated carbocycles. The van der Waals surface area contributed by atoms with Crippen molar-refractivity contribution in [2.75, 3.05) is 0 Å². The van der Waals surface area contributed by atoms with Crippen LogP contribution >= 0.6 is 0 Å². The molecule has 0 aromatic heterocycles. The van der Waals surface area contributed by atoms with E-state index < -0.39 is 0 Å². The molecule has 0 spiro atoms. The topological polar surface area (TPSA) is 17.1 Å². The van der Waals surface area contributed by atoms with Gasteiger partial charge in [-0.2, -0.15) is 0 Å². The van der Waals surface area contributed by atoms with Crippen LogP contribution in [0, 0.1) is 5.92 Å². The summed E-state index contributed by atoms with van der Waals surface area (Å²) in [5.74, 6) is 0.698. The fourth-order valence-corrected chi connectivity index (χ4v) is 0.418. The Morgan fingerprint density at radius 3 is 2.44 bits per heavy atom. The fraction of sp³-hybridized carbons (Fsp3) is 0.625. The monoisotopic (exact) mass is 126 g/mol. The van der Waals surface area contributed by atoms with Crippen LogP contribution in [0.15, 0.2) is 12.2 Å². The van der Waals surface area contributed by atoms with Crippen LogP contribution in [0.25, 0.3) is 0 Å². The molecule has 0 atom stereocenters. The standard InChI is InChI=1S/C8H14O/c1-4-8(9)6-5-7(2)3/h5-7H,4H2,1-3H3/b6-5+. The lowest BCUT2D eigenvalue weighted by atomic mass is 10.2. The van der Waals surface area contributed by atoms with Gasteiger partial charge in [-0.3, -0.25) is 4.79 Å². The predicted molar refractivity (Wildman–Crippen MR) is 39.3 cm³/mol. The Bertz CT molecular complexity index is 112. The number of carbonyl (C=O) groups is 1. The van der Waals surface area contributed by atoms with Crippen molar-refractivity contribution in [3.05, 3.63) is 12.2 Å². The zero-order chi connectivity index (χ0) is 7.28. The predicted octanol–water partition coefficient (Wildman–Crippen LogP) is 2.18. The number of carbonyl (C=O) groups excluding carboxylic acids is 1. The Morgan fingerprint density at radius 2 is 2.11 bits per heavy atom. The quantitative estimate of drug-likeness (QED) is 0.530. The molecule has 0 heterocycles. The van der Waals surface area contributed by atoms with E-state index in [0.717, 1.165) is 0 Å². The minimum Gasteiger partial charge on any atom is -0.295 e. The van der Waals surface area contributed by atoms with Crippen LogP contribution in [-0.2, 0) is 4.79 Å². The lowest BCUT2D eigenvalue weighted by Gasteiger charge is -1.90. The van der Waals surface area contributed by atoms with Crippen LogP contribution in [-0.4, -0.2) is 5.78 Å². The summed E-state index contributed by atoms with van der Waals surface area (Å²) >= 11 is 0. The summed E-state index contributed by atoms with van der Waals surface area (Å²) in [5, 5.41) is 0. The number of hydrogen-bond donors (Lipinski definition) is 0. The van der Waals surface area contributed by atoms with Crippen molar-refractivity contribution in [1.29, 1.82) is 0 Å². The fourth-order valence-electron chi connectivity index (χ4n) is 0.418. The van der Waals surface area contributed by atoms with E-state index in [1.807, 2.05) is 13.0 Å². The SMILES string of the molecule is CCC(=O)/C=C/C(C)C. The van der Waals surface area contributed by atoms with Gasteiger partial charge in [0.2, 0.25) is 0 Å². The average Bonchev–Trinajstić information content (AvgIpc) is 1.83. The molecule has 0 aromatic carbocycles. The zero-order valence-corrected chi connectivity index (χ0v) is 6.35. The van der Waals surface area contributed by atoms with Gasteiger partial charge in [-0.1, -0.05) is 26.8 Å². The summed E-state index contributed by atoms with van der Waals surface area (Å²) in [6.07, 6.45) is 4.19. The molecule has 0 aliphatic carbocycles. The Labute approximate surface area is 56.8 Å². The number of hydrogen-bond acceptors (Lipinski definition) is 1. The Kier molecular flexibility index (Phi) is 4.02. The molecule has 0 fully saturated rings. The van der Waals surface area contributed by atoms with Gasteiger partial charge in [-0.25, -0.2) is 0 Å². The van der Waals surface area contributed by atoms with Crippen LogP contribution in [0.1, 0.15) is 27.2 Å². The van der Waals surface area contributed by atoms with Crippen molar-refractivity contribution in [3.63, 3.8) is 0 Å². The molecular weight excluding hydrogens is 112 g/mol.